The maximum atomic E-state index is 13.1. The minimum atomic E-state index is -2.02. The molecule has 3 aromatic carbocycles. The minimum Gasteiger partial charge on any atom is -0.462 e. The van der Waals surface area contributed by atoms with Gasteiger partial charge in [0.05, 0.1) is 5.92 Å². The first kappa shape index (κ1) is 17.9. The highest BCUT2D eigenvalue weighted by molar-refractivity contribution is 5.88. The fourth-order valence-electron chi connectivity index (χ4n) is 3.38. The van der Waals surface area contributed by atoms with Crippen molar-refractivity contribution < 1.29 is 24.2 Å². The first-order chi connectivity index (χ1) is 13.6. The zero-order chi connectivity index (χ0) is 19.6. The topological polar surface area (TPSA) is 72.8 Å². The summed E-state index contributed by atoms with van der Waals surface area (Å²) in [6.07, 6.45) is 0.735. The number of hydrogen-bond acceptors (Lipinski definition) is 5. The van der Waals surface area contributed by atoms with Crippen molar-refractivity contribution in [2.24, 2.45) is 0 Å². The summed E-state index contributed by atoms with van der Waals surface area (Å²) >= 11 is 0. The Labute approximate surface area is 162 Å². The van der Waals surface area contributed by atoms with Gasteiger partial charge in [-0.05, 0) is 17.7 Å². The molecule has 0 amide bonds. The highest BCUT2D eigenvalue weighted by Crippen LogP contribution is 2.47. The summed E-state index contributed by atoms with van der Waals surface area (Å²) in [6.45, 7) is -0.167. The second-order valence-electron chi connectivity index (χ2n) is 6.56. The van der Waals surface area contributed by atoms with Crippen LogP contribution in [0.25, 0.3) is 0 Å². The number of esters is 1. The Morgan fingerprint density at radius 1 is 0.929 bits per heavy atom. The molecule has 0 aromatic heterocycles. The lowest BCUT2D eigenvalue weighted by Crippen LogP contribution is -2.41. The molecule has 140 valence electrons. The quantitative estimate of drug-likeness (QED) is 0.546. The van der Waals surface area contributed by atoms with Crippen molar-refractivity contribution in [3.8, 4) is 11.5 Å². The van der Waals surface area contributed by atoms with E-state index in [1.165, 1.54) is 0 Å². The number of rotatable bonds is 5. The van der Waals surface area contributed by atoms with Crippen molar-refractivity contribution >= 4 is 12.3 Å². The number of ether oxygens (including phenoxy) is 2. The van der Waals surface area contributed by atoms with Gasteiger partial charge < -0.3 is 19.4 Å². The number of carbonyl (C=O) groups excluding carboxylic acids is 2. The lowest BCUT2D eigenvalue weighted by Gasteiger charge is -2.34. The fraction of sp³-hybridized carbons (Fsp3) is 0.130. The first-order valence-electron chi connectivity index (χ1n) is 8.91. The van der Waals surface area contributed by atoms with Crippen LogP contribution in [0.3, 0.4) is 0 Å². The molecular weight excluding hydrogens is 356 g/mol. The van der Waals surface area contributed by atoms with E-state index in [9.17, 15) is 14.7 Å². The Bertz CT molecular complexity index is 967. The molecule has 1 aliphatic heterocycles. The Morgan fingerprint density at radius 2 is 1.46 bits per heavy atom. The van der Waals surface area contributed by atoms with Gasteiger partial charge in [0.15, 0.2) is 0 Å². The molecule has 0 aliphatic carbocycles. The summed E-state index contributed by atoms with van der Waals surface area (Å²) in [5.41, 5.74) is -0.664. The summed E-state index contributed by atoms with van der Waals surface area (Å²) in [6, 6.07) is 22.6. The molecule has 28 heavy (non-hydrogen) atoms. The smallest absolute Gasteiger partial charge is 0.348 e. The van der Waals surface area contributed by atoms with E-state index in [0.717, 1.165) is 11.8 Å². The summed E-state index contributed by atoms with van der Waals surface area (Å²) < 4.78 is 11.2. The molecule has 1 atom stereocenters. The number of fused-ring (bicyclic) bond motifs is 2. The Hall–Kier alpha value is -3.44. The van der Waals surface area contributed by atoms with Crippen molar-refractivity contribution in [1.82, 2.24) is 0 Å². The van der Waals surface area contributed by atoms with Gasteiger partial charge >= 0.3 is 5.97 Å². The van der Waals surface area contributed by atoms with E-state index in [1.54, 1.807) is 60.7 Å². The molecule has 1 unspecified atom stereocenters. The molecule has 0 saturated carbocycles. The summed E-state index contributed by atoms with van der Waals surface area (Å²) in [5, 5.41) is 11.5. The zero-order valence-corrected chi connectivity index (χ0v) is 14.9. The van der Waals surface area contributed by atoms with E-state index in [2.05, 4.69) is 0 Å². The molecule has 1 heterocycles. The Morgan fingerprint density at radius 3 is 2.04 bits per heavy atom. The van der Waals surface area contributed by atoms with Gasteiger partial charge in [-0.2, -0.15) is 0 Å². The van der Waals surface area contributed by atoms with Crippen LogP contribution in [-0.2, 0) is 19.9 Å². The molecule has 0 spiro atoms. The van der Waals surface area contributed by atoms with Gasteiger partial charge in [0, 0.05) is 11.1 Å². The molecule has 1 N–H and O–H groups in total. The van der Waals surface area contributed by atoms with Crippen LogP contribution in [0.1, 0.15) is 22.6 Å². The highest BCUT2D eigenvalue weighted by Gasteiger charge is 2.48. The van der Waals surface area contributed by atoms with Crippen molar-refractivity contribution in [2.45, 2.75) is 11.5 Å². The highest BCUT2D eigenvalue weighted by atomic mass is 16.6. The van der Waals surface area contributed by atoms with E-state index in [4.69, 9.17) is 9.47 Å². The number of hydrogen-bond donors (Lipinski definition) is 1. The van der Waals surface area contributed by atoms with Crippen molar-refractivity contribution in [3.05, 3.63) is 95.6 Å². The summed E-state index contributed by atoms with van der Waals surface area (Å²) in [5.74, 6) is -0.691. The van der Waals surface area contributed by atoms with Crippen molar-refractivity contribution in [1.29, 1.82) is 0 Å². The maximum Gasteiger partial charge on any atom is 0.348 e. The lowest BCUT2D eigenvalue weighted by atomic mass is 9.83. The number of benzene rings is 3. The third-order valence-electron chi connectivity index (χ3n) is 4.86. The zero-order valence-electron chi connectivity index (χ0n) is 14.9. The van der Waals surface area contributed by atoms with E-state index in [1.807, 2.05) is 18.2 Å². The van der Waals surface area contributed by atoms with Crippen LogP contribution < -0.4 is 4.74 Å². The first-order valence-corrected chi connectivity index (χ1v) is 8.91. The number of carbonyl (C=O) groups is 2. The monoisotopic (exact) mass is 374 g/mol. The second-order valence-corrected chi connectivity index (χ2v) is 6.56. The average molecular weight is 374 g/mol. The van der Waals surface area contributed by atoms with Crippen LogP contribution >= 0.6 is 0 Å². The Balaban J connectivity index is 1.66. The third kappa shape index (κ3) is 2.96. The van der Waals surface area contributed by atoms with Gasteiger partial charge in [0.2, 0.25) is 5.60 Å². The summed E-state index contributed by atoms with van der Waals surface area (Å²) in [7, 11) is 0. The van der Waals surface area contributed by atoms with Gasteiger partial charge in [-0.25, -0.2) is 4.79 Å². The van der Waals surface area contributed by atoms with Gasteiger partial charge in [-0.15, -0.1) is 0 Å². The van der Waals surface area contributed by atoms with Crippen LogP contribution in [-0.4, -0.2) is 24.0 Å². The van der Waals surface area contributed by atoms with Gasteiger partial charge in [-0.3, -0.25) is 0 Å². The normalized spacial score (nSPS) is 14.8. The van der Waals surface area contributed by atoms with Crippen LogP contribution in [0, 0.1) is 0 Å². The van der Waals surface area contributed by atoms with E-state index in [0.29, 0.717) is 22.6 Å². The van der Waals surface area contributed by atoms with Crippen LogP contribution in [0.5, 0.6) is 11.5 Å². The molecular formula is C23H18O5. The van der Waals surface area contributed by atoms with E-state index in [-0.39, 0.29) is 6.61 Å². The molecule has 0 fully saturated rings. The largest absolute Gasteiger partial charge is 0.462 e. The molecule has 4 rings (SSSR count). The van der Waals surface area contributed by atoms with Crippen LogP contribution in [0.2, 0.25) is 0 Å². The van der Waals surface area contributed by atoms with E-state index < -0.39 is 17.5 Å². The molecule has 0 saturated heterocycles. The van der Waals surface area contributed by atoms with Crippen molar-refractivity contribution in [3.63, 3.8) is 0 Å². The maximum absolute atomic E-state index is 13.1. The Kier molecular flexibility index (Phi) is 4.67. The molecule has 0 bridgehead atoms. The number of para-hydroxylation sites is 2. The van der Waals surface area contributed by atoms with Gasteiger partial charge in [0.1, 0.15) is 24.4 Å². The number of aldehydes is 1. The second kappa shape index (κ2) is 7.29. The lowest BCUT2D eigenvalue weighted by molar-refractivity contribution is -0.163. The molecule has 1 aliphatic rings. The average Bonchev–Trinajstić information content (AvgIpc) is 2.75. The molecule has 5 nitrogen and oxygen atoms in total. The van der Waals surface area contributed by atoms with Gasteiger partial charge in [-0.1, -0.05) is 66.7 Å². The number of aliphatic hydroxyl groups is 1. The SMILES string of the molecule is O=CC(COC(=O)C1(O)c2ccccc2Oc2ccccc21)c1ccccc1. The molecule has 5 heteroatoms. The minimum absolute atomic E-state index is 0.167. The van der Waals surface area contributed by atoms with Crippen molar-refractivity contribution in [2.75, 3.05) is 6.61 Å². The molecule has 0 radical (unpaired) electrons. The summed E-state index contributed by atoms with van der Waals surface area (Å²) in [4.78, 5) is 24.6. The van der Waals surface area contributed by atoms with Gasteiger partial charge in [0.25, 0.3) is 0 Å². The third-order valence-corrected chi connectivity index (χ3v) is 4.86. The fourth-order valence-corrected chi connectivity index (χ4v) is 3.38. The van der Waals surface area contributed by atoms with Crippen LogP contribution in [0.15, 0.2) is 78.9 Å². The standard InChI is InChI=1S/C23H18O5/c24-14-17(16-8-2-1-3-9-16)15-27-22(25)23(26)18-10-4-6-12-20(18)28-21-13-7-5-11-19(21)23/h1-14,17,26H,15H2. The predicted octanol–water partition coefficient (Wildman–Crippen LogP) is 3.55. The molecule has 3 aromatic rings. The predicted molar refractivity (Wildman–Crippen MR) is 102 cm³/mol. The van der Waals surface area contributed by atoms with E-state index >= 15 is 0 Å². The van der Waals surface area contributed by atoms with Crippen LogP contribution in [0.4, 0.5) is 0 Å².